The number of para-hydroxylation sites is 1. The monoisotopic (exact) mass is 244 g/mol. The summed E-state index contributed by atoms with van der Waals surface area (Å²) in [4.78, 5) is 0. The fraction of sp³-hybridized carbons (Fsp3) is 0.200. The van der Waals surface area contributed by atoms with Crippen molar-refractivity contribution in [1.29, 1.82) is 0 Å². The topological polar surface area (TPSA) is 27.7 Å². The molecule has 0 heterocycles. The molecule has 0 bridgehead atoms. The molecule has 0 saturated carbocycles. The summed E-state index contributed by atoms with van der Waals surface area (Å²) in [5, 5.41) is 0. The van der Waals surface area contributed by atoms with Gasteiger partial charge in [0.25, 0.3) is 0 Å². The molecule has 0 radical (unpaired) electrons. The standard InChI is InChI=1S/C15H16O3/c1-11-6-4-5-7-13(11)18-14-9-8-12(16-2)10-15(14)17-3/h4-10H,1-3H3. The molecule has 0 unspecified atom stereocenters. The second kappa shape index (κ2) is 5.45. The van der Waals surface area contributed by atoms with E-state index in [0.29, 0.717) is 11.5 Å². The van der Waals surface area contributed by atoms with Gasteiger partial charge in [0.05, 0.1) is 14.2 Å². The van der Waals surface area contributed by atoms with E-state index in [1.165, 1.54) is 0 Å². The number of benzene rings is 2. The van der Waals surface area contributed by atoms with E-state index in [4.69, 9.17) is 14.2 Å². The Hall–Kier alpha value is -2.16. The first kappa shape index (κ1) is 12.3. The third kappa shape index (κ3) is 2.56. The van der Waals surface area contributed by atoms with Crippen LogP contribution in [0.4, 0.5) is 0 Å². The van der Waals surface area contributed by atoms with E-state index in [1.54, 1.807) is 20.3 Å². The number of hydrogen-bond acceptors (Lipinski definition) is 3. The smallest absolute Gasteiger partial charge is 0.169 e. The maximum Gasteiger partial charge on any atom is 0.169 e. The van der Waals surface area contributed by atoms with E-state index < -0.39 is 0 Å². The molecule has 18 heavy (non-hydrogen) atoms. The molecule has 2 aromatic rings. The third-order valence-electron chi connectivity index (χ3n) is 2.68. The maximum absolute atomic E-state index is 5.85. The summed E-state index contributed by atoms with van der Waals surface area (Å²) < 4.78 is 16.3. The van der Waals surface area contributed by atoms with Gasteiger partial charge in [-0.15, -0.1) is 0 Å². The van der Waals surface area contributed by atoms with Crippen molar-refractivity contribution in [2.75, 3.05) is 14.2 Å². The Bertz CT molecular complexity index is 535. The van der Waals surface area contributed by atoms with Gasteiger partial charge in [0.1, 0.15) is 11.5 Å². The Morgan fingerprint density at radius 1 is 0.778 bits per heavy atom. The zero-order valence-corrected chi connectivity index (χ0v) is 10.8. The van der Waals surface area contributed by atoms with Crippen LogP contribution in [0.5, 0.6) is 23.0 Å². The predicted molar refractivity (Wildman–Crippen MR) is 70.8 cm³/mol. The molecule has 0 amide bonds. The molecule has 2 aromatic carbocycles. The highest BCUT2D eigenvalue weighted by Gasteiger charge is 2.08. The van der Waals surface area contributed by atoms with Crippen LogP contribution in [0, 0.1) is 6.92 Å². The number of rotatable bonds is 4. The highest BCUT2D eigenvalue weighted by atomic mass is 16.5. The highest BCUT2D eigenvalue weighted by Crippen LogP contribution is 2.35. The Balaban J connectivity index is 2.32. The quantitative estimate of drug-likeness (QED) is 0.818. The first-order valence-electron chi connectivity index (χ1n) is 5.70. The molecule has 94 valence electrons. The Labute approximate surface area is 107 Å². The maximum atomic E-state index is 5.85. The summed E-state index contributed by atoms with van der Waals surface area (Å²) in [5.74, 6) is 2.88. The van der Waals surface area contributed by atoms with Gasteiger partial charge in [-0.25, -0.2) is 0 Å². The number of ether oxygens (including phenoxy) is 3. The zero-order chi connectivity index (χ0) is 13.0. The molecule has 0 atom stereocenters. The van der Waals surface area contributed by atoms with Crippen molar-refractivity contribution in [3.8, 4) is 23.0 Å². The van der Waals surface area contributed by atoms with Crippen LogP contribution in [0.2, 0.25) is 0 Å². The minimum atomic E-state index is 0.651. The average Bonchev–Trinajstić information content (AvgIpc) is 2.41. The summed E-state index contributed by atoms with van der Waals surface area (Å²) >= 11 is 0. The van der Waals surface area contributed by atoms with Crippen molar-refractivity contribution >= 4 is 0 Å². The Morgan fingerprint density at radius 3 is 2.22 bits per heavy atom. The molecule has 3 nitrogen and oxygen atoms in total. The molecule has 0 aliphatic carbocycles. The van der Waals surface area contributed by atoms with Gasteiger partial charge in [-0.05, 0) is 30.7 Å². The molecule has 0 aliphatic heterocycles. The lowest BCUT2D eigenvalue weighted by atomic mass is 10.2. The van der Waals surface area contributed by atoms with Gasteiger partial charge < -0.3 is 14.2 Å². The molecular formula is C15H16O3. The van der Waals surface area contributed by atoms with Crippen molar-refractivity contribution in [2.24, 2.45) is 0 Å². The van der Waals surface area contributed by atoms with E-state index in [2.05, 4.69) is 0 Å². The van der Waals surface area contributed by atoms with Gasteiger partial charge >= 0.3 is 0 Å². The molecule has 0 fully saturated rings. The first-order chi connectivity index (χ1) is 8.74. The van der Waals surface area contributed by atoms with Crippen molar-refractivity contribution in [3.05, 3.63) is 48.0 Å². The lowest BCUT2D eigenvalue weighted by Crippen LogP contribution is -1.93. The molecular weight excluding hydrogens is 228 g/mol. The van der Waals surface area contributed by atoms with Gasteiger partial charge in [-0.1, -0.05) is 18.2 Å². The van der Waals surface area contributed by atoms with Crippen molar-refractivity contribution in [3.63, 3.8) is 0 Å². The van der Waals surface area contributed by atoms with Gasteiger partial charge in [0.15, 0.2) is 11.5 Å². The van der Waals surface area contributed by atoms with Gasteiger partial charge in [0.2, 0.25) is 0 Å². The third-order valence-corrected chi connectivity index (χ3v) is 2.68. The molecule has 0 spiro atoms. The summed E-state index contributed by atoms with van der Waals surface area (Å²) in [7, 11) is 3.23. The second-order valence-corrected chi connectivity index (χ2v) is 3.88. The Morgan fingerprint density at radius 2 is 1.56 bits per heavy atom. The minimum Gasteiger partial charge on any atom is -0.497 e. The fourth-order valence-corrected chi connectivity index (χ4v) is 1.65. The van der Waals surface area contributed by atoms with E-state index >= 15 is 0 Å². The molecule has 0 aromatic heterocycles. The summed E-state index contributed by atoms with van der Waals surface area (Å²) in [6.45, 7) is 2.01. The molecule has 0 saturated heterocycles. The van der Waals surface area contributed by atoms with Gasteiger partial charge in [0, 0.05) is 6.07 Å². The SMILES string of the molecule is COc1ccc(Oc2ccccc2C)c(OC)c1. The van der Waals surface area contributed by atoms with Crippen LogP contribution in [0.25, 0.3) is 0 Å². The van der Waals surface area contributed by atoms with Crippen LogP contribution in [-0.4, -0.2) is 14.2 Å². The predicted octanol–water partition coefficient (Wildman–Crippen LogP) is 3.80. The number of methoxy groups -OCH3 is 2. The normalized spacial score (nSPS) is 9.94. The molecule has 0 aliphatic rings. The van der Waals surface area contributed by atoms with Crippen molar-refractivity contribution in [1.82, 2.24) is 0 Å². The summed E-state index contributed by atoms with van der Waals surface area (Å²) in [6.07, 6.45) is 0. The molecule has 3 heteroatoms. The van der Waals surface area contributed by atoms with E-state index in [0.717, 1.165) is 17.1 Å². The van der Waals surface area contributed by atoms with Crippen LogP contribution < -0.4 is 14.2 Å². The zero-order valence-electron chi connectivity index (χ0n) is 10.8. The van der Waals surface area contributed by atoms with Crippen LogP contribution >= 0.6 is 0 Å². The average molecular weight is 244 g/mol. The van der Waals surface area contributed by atoms with Crippen LogP contribution in [-0.2, 0) is 0 Å². The second-order valence-electron chi connectivity index (χ2n) is 3.88. The lowest BCUT2D eigenvalue weighted by Gasteiger charge is -2.12. The summed E-state index contributed by atoms with van der Waals surface area (Å²) in [6, 6.07) is 13.3. The van der Waals surface area contributed by atoms with Crippen molar-refractivity contribution in [2.45, 2.75) is 6.92 Å². The van der Waals surface area contributed by atoms with E-state index in [9.17, 15) is 0 Å². The first-order valence-corrected chi connectivity index (χ1v) is 5.70. The van der Waals surface area contributed by atoms with E-state index in [-0.39, 0.29) is 0 Å². The number of hydrogen-bond donors (Lipinski definition) is 0. The Kier molecular flexibility index (Phi) is 3.72. The summed E-state index contributed by atoms with van der Waals surface area (Å²) in [5.41, 5.74) is 1.08. The largest absolute Gasteiger partial charge is 0.497 e. The molecule has 0 N–H and O–H groups in total. The van der Waals surface area contributed by atoms with Gasteiger partial charge in [-0.3, -0.25) is 0 Å². The lowest BCUT2D eigenvalue weighted by molar-refractivity contribution is 0.368. The molecule has 2 rings (SSSR count). The number of aryl methyl sites for hydroxylation is 1. The highest BCUT2D eigenvalue weighted by molar-refractivity contribution is 5.48. The van der Waals surface area contributed by atoms with Crippen LogP contribution in [0.3, 0.4) is 0 Å². The van der Waals surface area contributed by atoms with Gasteiger partial charge in [-0.2, -0.15) is 0 Å². The van der Waals surface area contributed by atoms with E-state index in [1.807, 2.05) is 43.3 Å². The minimum absolute atomic E-state index is 0.651. The van der Waals surface area contributed by atoms with Crippen LogP contribution in [0.1, 0.15) is 5.56 Å². The van der Waals surface area contributed by atoms with Crippen molar-refractivity contribution < 1.29 is 14.2 Å². The van der Waals surface area contributed by atoms with Crippen LogP contribution in [0.15, 0.2) is 42.5 Å². The fourth-order valence-electron chi connectivity index (χ4n) is 1.65.